The van der Waals surface area contributed by atoms with Crippen LogP contribution in [0.4, 0.5) is 0 Å². The van der Waals surface area contributed by atoms with Crippen LogP contribution in [-0.2, 0) is 14.3 Å². The number of esters is 1. The molecule has 0 spiro atoms. The highest BCUT2D eigenvalue weighted by molar-refractivity contribution is 5.85. The number of carbonyl (C=O) groups is 1. The zero-order valence-electron chi connectivity index (χ0n) is 9.11. The van der Waals surface area contributed by atoms with Crippen LogP contribution in [0.3, 0.4) is 0 Å². The molecule has 1 unspecified atom stereocenters. The lowest BCUT2D eigenvalue weighted by Gasteiger charge is -2.24. The van der Waals surface area contributed by atoms with Crippen LogP contribution >= 0.6 is 12.4 Å². The number of hydrogen-bond acceptors (Lipinski definition) is 4. The van der Waals surface area contributed by atoms with Gasteiger partial charge in [-0.05, 0) is 25.2 Å². The standard InChI is InChI=1S/C10H19NO3.ClH/c1-13-10(12)9(7-11)6-8-2-4-14-5-3-8;/h8-9H,2-7,11H2,1H3;1H. The van der Waals surface area contributed by atoms with E-state index in [4.69, 9.17) is 15.2 Å². The molecule has 0 aromatic rings. The Morgan fingerprint density at radius 3 is 2.60 bits per heavy atom. The molecule has 1 atom stereocenters. The maximum absolute atomic E-state index is 11.3. The minimum absolute atomic E-state index is 0. The van der Waals surface area contributed by atoms with Gasteiger partial charge in [0.2, 0.25) is 0 Å². The maximum Gasteiger partial charge on any atom is 0.309 e. The Kier molecular flexibility index (Phi) is 7.74. The van der Waals surface area contributed by atoms with Gasteiger partial charge >= 0.3 is 5.97 Å². The third kappa shape index (κ3) is 4.82. The summed E-state index contributed by atoms with van der Waals surface area (Å²) >= 11 is 0. The average molecular weight is 238 g/mol. The van der Waals surface area contributed by atoms with Crippen molar-refractivity contribution < 1.29 is 14.3 Å². The van der Waals surface area contributed by atoms with E-state index >= 15 is 0 Å². The molecule has 0 amide bonds. The quantitative estimate of drug-likeness (QED) is 0.741. The van der Waals surface area contributed by atoms with Gasteiger partial charge in [0.05, 0.1) is 13.0 Å². The van der Waals surface area contributed by atoms with Gasteiger partial charge in [0, 0.05) is 19.8 Å². The summed E-state index contributed by atoms with van der Waals surface area (Å²) in [4.78, 5) is 11.3. The van der Waals surface area contributed by atoms with Gasteiger partial charge in [0.15, 0.2) is 0 Å². The van der Waals surface area contributed by atoms with Gasteiger partial charge in [-0.15, -0.1) is 12.4 Å². The topological polar surface area (TPSA) is 61.5 Å². The number of hydrogen-bond donors (Lipinski definition) is 1. The zero-order valence-corrected chi connectivity index (χ0v) is 9.92. The number of methoxy groups -OCH3 is 1. The van der Waals surface area contributed by atoms with Gasteiger partial charge in [-0.25, -0.2) is 0 Å². The van der Waals surface area contributed by atoms with E-state index in [0.29, 0.717) is 12.5 Å². The average Bonchev–Trinajstić information content (AvgIpc) is 2.26. The number of nitrogens with two attached hydrogens (primary N) is 1. The van der Waals surface area contributed by atoms with Gasteiger partial charge in [-0.3, -0.25) is 4.79 Å². The van der Waals surface area contributed by atoms with Crippen LogP contribution in [0.1, 0.15) is 19.3 Å². The van der Waals surface area contributed by atoms with Crippen molar-refractivity contribution in [1.82, 2.24) is 0 Å². The minimum atomic E-state index is -0.181. The summed E-state index contributed by atoms with van der Waals surface area (Å²) in [6.45, 7) is 2.00. The Bertz CT molecular complexity index is 184. The van der Waals surface area contributed by atoms with E-state index in [1.165, 1.54) is 7.11 Å². The van der Waals surface area contributed by atoms with E-state index in [1.54, 1.807) is 0 Å². The molecule has 0 radical (unpaired) electrons. The normalized spacial score (nSPS) is 19.1. The first-order chi connectivity index (χ1) is 6.77. The minimum Gasteiger partial charge on any atom is -0.469 e. The monoisotopic (exact) mass is 237 g/mol. The summed E-state index contributed by atoms with van der Waals surface area (Å²) in [5.41, 5.74) is 5.53. The summed E-state index contributed by atoms with van der Waals surface area (Å²) in [6.07, 6.45) is 2.91. The molecule has 15 heavy (non-hydrogen) atoms. The molecule has 2 N–H and O–H groups in total. The SMILES string of the molecule is COC(=O)C(CN)CC1CCOCC1.Cl. The highest BCUT2D eigenvalue weighted by Crippen LogP contribution is 2.23. The van der Waals surface area contributed by atoms with Crippen molar-refractivity contribution >= 4 is 18.4 Å². The number of halogens is 1. The first-order valence-electron chi connectivity index (χ1n) is 5.13. The van der Waals surface area contributed by atoms with Crippen LogP contribution in [0.15, 0.2) is 0 Å². The highest BCUT2D eigenvalue weighted by atomic mass is 35.5. The summed E-state index contributed by atoms with van der Waals surface area (Å²) in [5, 5.41) is 0. The van der Waals surface area contributed by atoms with Crippen molar-refractivity contribution in [3.63, 3.8) is 0 Å². The number of rotatable bonds is 4. The van der Waals surface area contributed by atoms with Crippen LogP contribution in [0, 0.1) is 11.8 Å². The van der Waals surface area contributed by atoms with Gasteiger partial charge in [-0.1, -0.05) is 0 Å². The Labute approximate surface area is 96.9 Å². The molecule has 1 rings (SSSR count). The molecule has 0 bridgehead atoms. The van der Waals surface area contributed by atoms with Gasteiger partial charge in [-0.2, -0.15) is 0 Å². The third-order valence-corrected chi connectivity index (χ3v) is 2.78. The van der Waals surface area contributed by atoms with Crippen molar-refractivity contribution in [1.29, 1.82) is 0 Å². The van der Waals surface area contributed by atoms with Gasteiger partial charge < -0.3 is 15.2 Å². The molecule has 0 aliphatic carbocycles. The van der Waals surface area contributed by atoms with Crippen LogP contribution in [0.5, 0.6) is 0 Å². The molecule has 0 aromatic heterocycles. The predicted octanol–water partition coefficient (Wildman–Crippen LogP) is 0.973. The number of ether oxygens (including phenoxy) is 2. The lowest BCUT2D eigenvalue weighted by Crippen LogP contribution is -2.29. The Morgan fingerprint density at radius 2 is 2.13 bits per heavy atom. The van der Waals surface area contributed by atoms with Crippen LogP contribution < -0.4 is 5.73 Å². The fourth-order valence-corrected chi connectivity index (χ4v) is 1.84. The fraction of sp³-hybridized carbons (Fsp3) is 0.900. The molecule has 0 aromatic carbocycles. The summed E-state index contributed by atoms with van der Waals surface area (Å²) in [6, 6.07) is 0. The molecule has 90 valence electrons. The van der Waals surface area contributed by atoms with Crippen LogP contribution in [0.25, 0.3) is 0 Å². The molecular weight excluding hydrogens is 218 g/mol. The van der Waals surface area contributed by atoms with Crippen molar-refractivity contribution in [2.75, 3.05) is 26.9 Å². The maximum atomic E-state index is 11.3. The molecule has 1 heterocycles. The summed E-state index contributed by atoms with van der Waals surface area (Å²) in [7, 11) is 1.41. The molecule has 4 nitrogen and oxygen atoms in total. The summed E-state index contributed by atoms with van der Waals surface area (Å²) < 4.78 is 9.95. The Hall–Kier alpha value is -0.320. The predicted molar refractivity (Wildman–Crippen MR) is 60.0 cm³/mol. The Morgan fingerprint density at radius 1 is 1.53 bits per heavy atom. The van der Waals surface area contributed by atoms with Crippen molar-refractivity contribution in [2.24, 2.45) is 17.6 Å². The highest BCUT2D eigenvalue weighted by Gasteiger charge is 2.23. The van der Waals surface area contributed by atoms with Gasteiger partial charge in [0.1, 0.15) is 0 Å². The molecule has 1 saturated heterocycles. The lowest BCUT2D eigenvalue weighted by atomic mass is 9.89. The molecule has 5 heteroatoms. The largest absolute Gasteiger partial charge is 0.469 e. The van der Waals surface area contributed by atoms with E-state index in [2.05, 4.69) is 0 Å². The summed E-state index contributed by atoms with van der Waals surface area (Å²) in [5.74, 6) is 0.249. The first kappa shape index (κ1) is 14.7. The first-order valence-corrected chi connectivity index (χ1v) is 5.13. The van der Waals surface area contributed by atoms with Crippen molar-refractivity contribution in [2.45, 2.75) is 19.3 Å². The van der Waals surface area contributed by atoms with E-state index in [-0.39, 0.29) is 24.3 Å². The fourth-order valence-electron chi connectivity index (χ4n) is 1.84. The van der Waals surface area contributed by atoms with E-state index < -0.39 is 0 Å². The number of carbonyl (C=O) groups excluding carboxylic acids is 1. The Balaban J connectivity index is 0.00000196. The zero-order chi connectivity index (χ0) is 10.4. The van der Waals surface area contributed by atoms with Crippen molar-refractivity contribution in [3.05, 3.63) is 0 Å². The smallest absolute Gasteiger partial charge is 0.309 e. The second-order valence-corrected chi connectivity index (χ2v) is 3.75. The second-order valence-electron chi connectivity index (χ2n) is 3.75. The van der Waals surface area contributed by atoms with Crippen LogP contribution in [0.2, 0.25) is 0 Å². The third-order valence-electron chi connectivity index (χ3n) is 2.78. The molecule has 1 aliphatic heterocycles. The van der Waals surface area contributed by atoms with E-state index in [0.717, 1.165) is 32.5 Å². The van der Waals surface area contributed by atoms with E-state index in [1.807, 2.05) is 0 Å². The molecule has 1 aliphatic rings. The second kappa shape index (κ2) is 7.91. The molecule has 0 saturated carbocycles. The van der Waals surface area contributed by atoms with Gasteiger partial charge in [0.25, 0.3) is 0 Å². The molecule has 1 fully saturated rings. The van der Waals surface area contributed by atoms with E-state index in [9.17, 15) is 4.79 Å². The van der Waals surface area contributed by atoms with Crippen LogP contribution in [-0.4, -0.2) is 32.8 Å². The molecular formula is C10H20ClNO3. The lowest BCUT2D eigenvalue weighted by molar-refractivity contribution is -0.146. The van der Waals surface area contributed by atoms with Crippen molar-refractivity contribution in [3.8, 4) is 0 Å².